The molecule has 0 radical (unpaired) electrons. The highest BCUT2D eigenvalue weighted by Crippen LogP contribution is 2.31. The molecule has 0 aromatic carbocycles. The topological polar surface area (TPSA) is 20.3 Å². The first kappa shape index (κ1) is 11.4. The van der Waals surface area contributed by atoms with Crippen LogP contribution in [-0.4, -0.2) is 28.2 Å². The number of nitrogens with zero attached hydrogens (tertiary/aromatic N) is 1. The van der Waals surface area contributed by atoms with Crippen molar-refractivity contribution < 1.29 is 4.79 Å². The fourth-order valence-electron chi connectivity index (χ4n) is 2.95. The van der Waals surface area contributed by atoms with Gasteiger partial charge in [-0.1, -0.05) is 35.2 Å². The molecule has 2 atom stereocenters. The molecule has 2 aliphatic rings. The highest BCUT2D eigenvalue weighted by molar-refractivity contribution is 9.09. The molecule has 0 bridgehead atoms. The molecule has 86 valence electrons. The molecule has 0 spiro atoms. The number of hydrogen-bond donors (Lipinski definition) is 0. The minimum Gasteiger partial charge on any atom is -0.339 e. The monoisotopic (exact) mass is 273 g/mol. The summed E-state index contributed by atoms with van der Waals surface area (Å²) < 4.78 is 0. The van der Waals surface area contributed by atoms with Crippen molar-refractivity contribution in [2.75, 3.05) is 6.54 Å². The quantitative estimate of drug-likeness (QED) is 0.709. The Morgan fingerprint density at radius 3 is 2.53 bits per heavy atom. The number of likely N-dealkylation sites (tertiary alicyclic amines) is 1. The minimum atomic E-state index is 0.343. The van der Waals surface area contributed by atoms with Crippen LogP contribution in [0, 0.1) is 5.92 Å². The van der Waals surface area contributed by atoms with E-state index in [9.17, 15) is 4.79 Å². The molecule has 2 rings (SSSR count). The summed E-state index contributed by atoms with van der Waals surface area (Å²) in [5.74, 6) is 1.09. The van der Waals surface area contributed by atoms with Crippen LogP contribution in [0.3, 0.4) is 0 Å². The van der Waals surface area contributed by atoms with Crippen LogP contribution in [0.4, 0.5) is 0 Å². The van der Waals surface area contributed by atoms with Crippen LogP contribution in [0.25, 0.3) is 0 Å². The van der Waals surface area contributed by atoms with E-state index in [4.69, 9.17) is 0 Å². The lowest BCUT2D eigenvalue weighted by atomic mass is 9.84. The Morgan fingerprint density at radius 2 is 2.00 bits per heavy atom. The van der Waals surface area contributed by atoms with E-state index >= 15 is 0 Å². The summed E-state index contributed by atoms with van der Waals surface area (Å²) in [6.45, 7) is 3.15. The van der Waals surface area contributed by atoms with Gasteiger partial charge in [0.05, 0.1) is 0 Å². The SMILES string of the molecule is C[C@@H](C1CCCCC1)N1CC(Br)CC1=O. The summed E-state index contributed by atoms with van der Waals surface area (Å²) in [6.07, 6.45) is 7.43. The van der Waals surface area contributed by atoms with Gasteiger partial charge in [-0.05, 0) is 25.7 Å². The second kappa shape index (κ2) is 4.86. The van der Waals surface area contributed by atoms with Crippen LogP contribution in [0.5, 0.6) is 0 Å². The zero-order valence-electron chi connectivity index (χ0n) is 9.42. The normalized spacial score (nSPS) is 30.9. The number of rotatable bonds is 2. The summed E-state index contributed by atoms with van der Waals surface area (Å²) in [5.41, 5.74) is 0. The average Bonchev–Trinajstić information content (AvgIpc) is 2.58. The van der Waals surface area contributed by atoms with Gasteiger partial charge >= 0.3 is 0 Å². The van der Waals surface area contributed by atoms with Crippen molar-refractivity contribution in [2.24, 2.45) is 5.92 Å². The van der Waals surface area contributed by atoms with Crippen LogP contribution >= 0.6 is 15.9 Å². The molecule has 0 aromatic rings. The van der Waals surface area contributed by atoms with Crippen molar-refractivity contribution in [2.45, 2.75) is 56.3 Å². The van der Waals surface area contributed by atoms with E-state index in [0.717, 1.165) is 12.5 Å². The largest absolute Gasteiger partial charge is 0.339 e. The van der Waals surface area contributed by atoms with Crippen molar-refractivity contribution in [3.63, 3.8) is 0 Å². The van der Waals surface area contributed by atoms with Crippen LogP contribution in [0.1, 0.15) is 45.4 Å². The highest BCUT2D eigenvalue weighted by atomic mass is 79.9. The van der Waals surface area contributed by atoms with Gasteiger partial charge in [0.1, 0.15) is 0 Å². The summed E-state index contributed by atoms with van der Waals surface area (Å²) in [4.78, 5) is 14.2. The Morgan fingerprint density at radius 1 is 1.33 bits per heavy atom. The Bertz CT molecular complexity index is 238. The average molecular weight is 274 g/mol. The smallest absolute Gasteiger partial charge is 0.224 e. The van der Waals surface area contributed by atoms with Crippen molar-refractivity contribution in [1.82, 2.24) is 4.90 Å². The third kappa shape index (κ3) is 2.55. The second-order valence-corrected chi connectivity index (χ2v) is 6.28. The predicted molar refractivity (Wildman–Crippen MR) is 65.1 cm³/mol. The van der Waals surface area contributed by atoms with E-state index in [1.807, 2.05) is 0 Å². The molecule has 1 saturated carbocycles. The number of carbonyl (C=O) groups excluding carboxylic acids is 1. The van der Waals surface area contributed by atoms with Crippen LogP contribution in [-0.2, 0) is 4.79 Å². The molecule has 0 aromatic heterocycles. The molecule has 1 unspecified atom stereocenters. The van der Waals surface area contributed by atoms with Crippen LogP contribution in [0.2, 0.25) is 0 Å². The molecule has 1 heterocycles. The molecule has 0 N–H and O–H groups in total. The Kier molecular flexibility index (Phi) is 3.70. The molecule has 3 heteroatoms. The summed E-state index contributed by atoms with van der Waals surface area (Å²) >= 11 is 3.55. The van der Waals surface area contributed by atoms with Gasteiger partial charge in [0.2, 0.25) is 5.91 Å². The zero-order valence-corrected chi connectivity index (χ0v) is 11.0. The standard InChI is InChI=1S/C12H20BrNO/c1-9(10-5-3-2-4-6-10)14-8-11(13)7-12(14)15/h9-11H,2-8H2,1H3/t9-,11?/m0/s1. The van der Waals surface area contributed by atoms with Gasteiger partial charge in [0.25, 0.3) is 0 Å². The van der Waals surface area contributed by atoms with E-state index in [0.29, 0.717) is 23.2 Å². The van der Waals surface area contributed by atoms with Crippen molar-refractivity contribution in [1.29, 1.82) is 0 Å². The first-order valence-electron chi connectivity index (χ1n) is 6.12. The third-order valence-corrected chi connectivity index (χ3v) is 4.55. The highest BCUT2D eigenvalue weighted by Gasteiger charge is 2.34. The van der Waals surface area contributed by atoms with Crippen molar-refractivity contribution in [3.05, 3.63) is 0 Å². The molecular formula is C12H20BrNO. The van der Waals surface area contributed by atoms with Gasteiger partial charge < -0.3 is 4.90 Å². The van der Waals surface area contributed by atoms with E-state index in [2.05, 4.69) is 27.8 Å². The lowest BCUT2D eigenvalue weighted by Crippen LogP contribution is -2.40. The first-order valence-corrected chi connectivity index (χ1v) is 7.03. The zero-order chi connectivity index (χ0) is 10.8. The number of halogens is 1. The maximum absolute atomic E-state index is 11.8. The fraction of sp³-hybridized carbons (Fsp3) is 0.917. The summed E-state index contributed by atoms with van der Waals surface area (Å²) in [7, 11) is 0. The van der Waals surface area contributed by atoms with E-state index in [1.165, 1.54) is 32.1 Å². The number of alkyl halides is 1. The lowest BCUT2D eigenvalue weighted by Gasteiger charge is -2.34. The van der Waals surface area contributed by atoms with E-state index in [-0.39, 0.29) is 0 Å². The Balaban J connectivity index is 1.94. The molecular weight excluding hydrogens is 254 g/mol. The van der Waals surface area contributed by atoms with Gasteiger partial charge in [-0.25, -0.2) is 0 Å². The molecule has 15 heavy (non-hydrogen) atoms. The second-order valence-electron chi connectivity index (χ2n) is 4.99. The number of carbonyl (C=O) groups is 1. The van der Waals surface area contributed by atoms with Crippen LogP contribution in [0.15, 0.2) is 0 Å². The maximum atomic E-state index is 11.8. The predicted octanol–water partition coefficient (Wildman–Crippen LogP) is 2.95. The third-order valence-electron chi connectivity index (χ3n) is 3.93. The molecule has 1 aliphatic carbocycles. The van der Waals surface area contributed by atoms with E-state index < -0.39 is 0 Å². The lowest BCUT2D eigenvalue weighted by molar-refractivity contribution is -0.130. The maximum Gasteiger partial charge on any atom is 0.224 e. The molecule has 1 amide bonds. The number of hydrogen-bond acceptors (Lipinski definition) is 1. The van der Waals surface area contributed by atoms with Gasteiger partial charge in [0, 0.05) is 23.8 Å². The molecule has 2 fully saturated rings. The molecule has 1 saturated heterocycles. The Hall–Kier alpha value is -0.0500. The van der Waals surface area contributed by atoms with Gasteiger partial charge in [-0.3, -0.25) is 4.79 Å². The van der Waals surface area contributed by atoms with Crippen LogP contribution < -0.4 is 0 Å². The van der Waals surface area contributed by atoms with Gasteiger partial charge in [-0.2, -0.15) is 0 Å². The van der Waals surface area contributed by atoms with Gasteiger partial charge in [-0.15, -0.1) is 0 Å². The fourth-order valence-corrected chi connectivity index (χ4v) is 3.54. The number of amides is 1. The van der Waals surface area contributed by atoms with Crippen molar-refractivity contribution in [3.8, 4) is 0 Å². The summed E-state index contributed by atoms with van der Waals surface area (Å²) in [6, 6.07) is 0.459. The Labute approximate surface area is 101 Å². The molecule has 2 nitrogen and oxygen atoms in total. The molecule has 1 aliphatic heterocycles. The van der Waals surface area contributed by atoms with Gasteiger partial charge in [0.15, 0.2) is 0 Å². The summed E-state index contributed by atoms with van der Waals surface area (Å²) in [5, 5.41) is 0. The first-order chi connectivity index (χ1) is 7.18. The van der Waals surface area contributed by atoms with E-state index in [1.54, 1.807) is 0 Å². The minimum absolute atomic E-state index is 0.343. The van der Waals surface area contributed by atoms with Crippen molar-refractivity contribution >= 4 is 21.8 Å².